The summed E-state index contributed by atoms with van der Waals surface area (Å²) in [4.78, 5) is 26.3. The minimum Gasteiger partial charge on any atom is -0.337 e. The standard InChI is InChI=1S/C18H21N7O/c1-24(14-5-8-19-9-6-14)18(26)15-11-21-17(23-15)13-10-22-25(12-13)16-4-2-3-7-20-16/h2-4,7,10-12,14,19H,5-6,8-9H2,1H3,(H,21,23). The van der Waals surface area contributed by atoms with Crippen LogP contribution >= 0.6 is 0 Å². The first kappa shape index (κ1) is 16.5. The van der Waals surface area contributed by atoms with Crippen molar-refractivity contribution in [3.05, 3.63) is 48.7 Å². The molecule has 0 aliphatic carbocycles. The van der Waals surface area contributed by atoms with Crippen molar-refractivity contribution in [2.75, 3.05) is 20.1 Å². The summed E-state index contributed by atoms with van der Waals surface area (Å²) >= 11 is 0. The number of hydrogen-bond acceptors (Lipinski definition) is 5. The first-order chi connectivity index (χ1) is 12.7. The van der Waals surface area contributed by atoms with Crippen LogP contribution in [0.4, 0.5) is 0 Å². The van der Waals surface area contributed by atoms with Crippen molar-refractivity contribution in [3.63, 3.8) is 0 Å². The van der Waals surface area contributed by atoms with Crippen LogP contribution in [0, 0.1) is 0 Å². The van der Waals surface area contributed by atoms with E-state index in [1.165, 1.54) is 0 Å². The number of pyridine rings is 1. The summed E-state index contributed by atoms with van der Waals surface area (Å²) in [5.41, 5.74) is 1.30. The Bertz CT molecular complexity index is 880. The summed E-state index contributed by atoms with van der Waals surface area (Å²) in [5.74, 6) is 1.31. The highest BCUT2D eigenvalue weighted by molar-refractivity contribution is 5.92. The van der Waals surface area contributed by atoms with Gasteiger partial charge in [0.05, 0.1) is 18.0 Å². The third kappa shape index (κ3) is 3.23. The number of aromatic amines is 1. The number of carbonyl (C=O) groups is 1. The Hall–Kier alpha value is -3.00. The van der Waals surface area contributed by atoms with E-state index in [1.807, 2.05) is 36.3 Å². The van der Waals surface area contributed by atoms with Crippen LogP contribution in [-0.2, 0) is 0 Å². The molecular weight excluding hydrogens is 330 g/mol. The molecule has 2 N–H and O–H groups in total. The van der Waals surface area contributed by atoms with Gasteiger partial charge in [-0.1, -0.05) is 6.07 Å². The fourth-order valence-corrected chi connectivity index (χ4v) is 3.19. The molecule has 4 rings (SSSR count). The number of piperidine rings is 1. The van der Waals surface area contributed by atoms with Crippen molar-refractivity contribution in [1.82, 2.24) is 34.9 Å². The van der Waals surface area contributed by atoms with Crippen molar-refractivity contribution in [1.29, 1.82) is 0 Å². The van der Waals surface area contributed by atoms with E-state index < -0.39 is 0 Å². The van der Waals surface area contributed by atoms with Gasteiger partial charge in [0.15, 0.2) is 5.82 Å². The molecule has 1 amide bonds. The number of imidazole rings is 1. The lowest BCUT2D eigenvalue weighted by atomic mass is 10.1. The smallest absolute Gasteiger partial charge is 0.271 e. The van der Waals surface area contributed by atoms with Crippen molar-refractivity contribution in [3.8, 4) is 17.2 Å². The third-order valence-electron chi connectivity index (χ3n) is 4.72. The van der Waals surface area contributed by atoms with E-state index >= 15 is 0 Å². The fraction of sp³-hybridized carbons (Fsp3) is 0.333. The van der Waals surface area contributed by atoms with Gasteiger partial charge < -0.3 is 15.2 Å². The van der Waals surface area contributed by atoms with Gasteiger partial charge in [0.2, 0.25) is 0 Å². The molecule has 1 saturated heterocycles. The Labute approximate surface area is 151 Å². The molecule has 1 aliphatic heterocycles. The normalized spacial score (nSPS) is 15.1. The number of rotatable bonds is 4. The summed E-state index contributed by atoms with van der Waals surface area (Å²) in [7, 11) is 1.86. The SMILES string of the molecule is CN(C(=O)c1cnc(-c2cnn(-c3ccccn3)c2)[nH]1)C1CCNCC1. The predicted octanol–water partition coefficient (Wildman–Crippen LogP) is 1.48. The first-order valence-electron chi connectivity index (χ1n) is 8.72. The Morgan fingerprint density at radius 1 is 1.23 bits per heavy atom. The Kier molecular flexibility index (Phi) is 4.49. The molecule has 8 nitrogen and oxygen atoms in total. The maximum atomic E-state index is 12.7. The molecule has 4 heterocycles. The second-order valence-corrected chi connectivity index (χ2v) is 6.40. The Morgan fingerprint density at radius 3 is 2.85 bits per heavy atom. The van der Waals surface area contributed by atoms with E-state index in [1.54, 1.807) is 23.3 Å². The second-order valence-electron chi connectivity index (χ2n) is 6.40. The number of nitrogens with one attached hydrogen (secondary N) is 2. The van der Waals surface area contributed by atoms with Crippen LogP contribution in [0.15, 0.2) is 43.0 Å². The lowest BCUT2D eigenvalue weighted by Crippen LogP contribution is -2.44. The van der Waals surface area contributed by atoms with Crippen molar-refractivity contribution in [2.24, 2.45) is 0 Å². The average Bonchev–Trinajstić information content (AvgIpc) is 3.38. The molecule has 3 aromatic rings. The van der Waals surface area contributed by atoms with Crippen LogP contribution < -0.4 is 5.32 Å². The van der Waals surface area contributed by atoms with Gasteiger partial charge in [-0.05, 0) is 38.1 Å². The highest BCUT2D eigenvalue weighted by Crippen LogP contribution is 2.18. The topological polar surface area (TPSA) is 91.7 Å². The Morgan fingerprint density at radius 2 is 2.08 bits per heavy atom. The van der Waals surface area contributed by atoms with Crippen LogP contribution in [0.2, 0.25) is 0 Å². The largest absolute Gasteiger partial charge is 0.337 e. The van der Waals surface area contributed by atoms with Gasteiger partial charge in [-0.2, -0.15) is 5.10 Å². The van der Waals surface area contributed by atoms with E-state index in [0.717, 1.165) is 37.3 Å². The second kappa shape index (κ2) is 7.09. The lowest BCUT2D eigenvalue weighted by Gasteiger charge is -2.31. The summed E-state index contributed by atoms with van der Waals surface area (Å²) in [5, 5.41) is 7.63. The number of hydrogen-bond donors (Lipinski definition) is 2. The molecule has 8 heteroatoms. The van der Waals surface area contributed by atoms with Gasteiger partial charge >= 0.3 is 0 Å². The Balaban J connectivity index is 1.51. The first-order valence-corrected chi connectivity index (χ1v) is 8.72. The lowest BCUT2D eigenvalue weighted by molar-refractivity contribution is 0.0698. The van der Waals surface area contributed by atoms with Crippen LogP contribution in [0.5, 0.6) is 0 Å². The zero-order valence-corrected chi connectivity index (χ0v) is 14.6. The zero-order chi connectivity index (χ0) is 17.9. The van der Waals surface area contributed by atoms with Crippen LogP contribution in [0.1, 0.15) is 23.3 Å². The molecule has 0 atom stereocenters. The van der Waals surface area contributed by atoms with Gasteiger partial charge in [-0.25, -0.2) is 14.6 Å². The predicted molar refractivity (Wildman–Crippen MR) is 96.9 cm³/mol. The zero-order valence-electron chi connectivity index (χ0n) is 14.6. The monoisotopic (exact) mass is 351 g/mol. The molecule has 0 unspecified atom stereocenters. The molecule has 0 bridgehead atoms. The number of carbonyl (C=O) groups excluding carboxylic acids is 1. The van der Waals surface area contributed by atoms with Gasteiger partial charge in [0.1, 0.15) is 11.5 Å². The van der Waals surface area contributed by atoms with E-state index in [0.29, 0.717) is 11.5 Å². The molecule has 1 aliphatic rings. The molecule has 26 heavy (non-hydrogen) atoms. The number of nitrogens with zero attached hydrogens (tertiary/aromatic N) is 5. The highest BCUT2D eigenvalue weighted by Gasteiger charge is 2.24. The van der Waals surface area contributed by atoms with Gasteiger partial charge in [-0.15, -0.1) is 0 Å². The minimum atomic E-state index is -0.0345. The molecule has 0 aromatic carbocycles. The summed E-state index contributed by atoms with van der Waals surface area (Å²) in [6.45, 7) is 1.90. The molecule has 0 saturated carbocycles. The van der Waals surface area contributed by atoms with Crippen LogP contribution in [-0.4, -0.2) is 61.7 Å². The van der Waals surface area contributed by atoms with Crippen LogP contribution in [0.3, 0.4) is 0 Å². The third-order valence-corrected chi connectivity index (χ3v) is 4.72. The van der Waals surface area contributed by atoms with E-state index in [4.69, 9.17) is 0 Å². The number of H-pyrrole nitrogens is 1. The highest BCUT2D eigenvalue weighted by atomic mass is 16.2. The quantitative estimate of drug-likeness (QED) is 0.743. The average molecular weight is 351 g/mol. The summed E-state index contributed by atoms with van der Waals surface area (Å²) < 4.78 is 1.68. The van der Waals surface area contributed by atoms with Gasteiger partial charge in [-0.3, -0.25) is 4.79 Å². The van der Waals surface area contributed by atoms with Crippen LogP contribution in [0.25, 0.3) is 17.2 Å². The summed E-state index contributed by atoms with van der Waals surface area (Å²) in [6, 6.07) is 5.91. The van der Waals surface area contributed by atoms with Crippen molar-refractivity contribution < 1.29 is 4.79 Å². The van der Waals surface area contributed by atoms with Crippen molar-refractivity contribution >= 4 is 5.91 Å². The van der Waals surface area contributed by atoms with Crippen molar-refractivity contribution in [2.45, 2.75) is 18.9 Å². The maximum Gasteiger partial charge on any atom is 0.271 e. The fourth-order valence-electron chi connectivity index (χ4n) is 3.19. The van der Waals surface area contributed by atoms with Gasteiger partial charge in [0.25, 0.3) is 5.91 Å². The van der Waals surface area contributed by atoms with Gasteiger partial charge in [0, 0.05) is 25.5 Å². The number of amides is 1. The maximum absolute atomic E-state index is 12.7. The number of aromatic nitrogens is 5. The van der Waals surface area contributed by atoms with E-state index in [-0.39, 0.29) is 11.9 Å². The summed E-state index contributed by atoms with van der Waals surface area (Å²) in [6.07, 6.45) is 8.80. The molecule has 3 aromatic heterocycles. The minimum absolute atomic E-state index is 0.0345. The molecular formula is C18H21N7O. The molecule has 0 radical (unpaired) electrons. The van der Waals surface area contributed by atoms with E-state index in [2.05, 4.69) is 25.4 Å². The molecule has 0 spiro atoms. The van der Waals surface area contributed by atoms with E-state index in [9.17, 15) is 4.79 Å². The molecule has 134 valence electrons. The molecule has 1 fully saturated rings.